The third-order valence-corrected chi connectivity index (χ3v) is 11.4. The van der Waals surface area contributed by atoms with Crippen molar-refractivity contribution in [1.29, 1.82) is 0 Å². The molecule has 0 aliphatic rings. The number of hydrogen-bond acceptors (Lipinski definition) is 15. The van der Waals surface area contributed by atoms with Gasteiger partial charge in [0.1, 0.15) is 42.3 Å². The number of aliphatic carboxylic acids is 1. The summed E-state index contributed by atoms with van der Waals surface area (Å²) in [4.78, 5) is 136. The molecule has 444 valence electrons. The van der Waals surface area contributed by atoms with E-state index in [9.17, 15) is 48.3 Å². The second-order valence-electron chi connectivity index (χ2n) is 19.2. The molecule has 0 aromatic heterocycles. The van der Waals surface area contributed by atoms with Crippen LogP contribution in [0.4, 0.5) is 0 Å². The molecule has 78 heavy (non-hydrogen) atoms. The standard InChI is InChI=1S/C46H90N22O10/c1-24(2)22-32(40(75)66-31(42(77)78)16-11-21-60-46(55)56)67-39(74)30(13-6-7-17-47)64-35(70)26(5)62-38(73)29(15-10-20-59-45(53)54)63-33(69)23-61-37(72)28(14-9-19-58-44(51)52)65-41(76)34(25(3)4)68-36(71)27(48)12-8-18-57-43(49)50/h24-32,34H,6-23,47-48H2,1-5H3,(H,61,72)(H,62,73)(H,63,69)(H,64,70)(H,65,76)(H,66,75)(H,67,74)(H,68,71)(H,77,78)(H4,49,50,57)(H4,51,52,58)(H4,53,54,59)(H4,55,56,60)/t26-,27-,28-,29-,30-,31-,32-,34-/m0/s1. The number of unbranched alkanes of at least 4 members (excludes halogenated alkanes) is 1. The van der Waals surface area contributed by atoms with E-state index >= 15 is 0 Å². The maximum absolute atomic E-state index is 13.8. The van der Waals surface area contributed by atoms with E-state index in [-0.39, 0.29) is 120 Å². The van der Waals surface area contributed by atoms with E-state index in [0.717, 1.165) is 0 Å². The van der Waals surface area contributed by atoms with E-state index < -0.39 is 114 Å². The van der Waals surface area contributed by atoms with Crippen molar-refractivity contribution in [2.45, 2.75) is 160 Å². The van der Waals surface area contributed by atoms with Gasteiger partial charge in [-0.2, -0.15) is 0 Å². The summed E-state index contributed by atoms with van der Waals surface area (Å²) < 4.78 is 0. The zero-order valence-corrected chi connectivity index (χ0v) is 45.7. The van der Waals surface area contributed by atoms with Gasteiger partial charge in [0.25, 0.3) is 0 Å². The molecule has 32 nitrogen and oxygen atoms in total. The summed E-state index contributed by atoms with van der Waals surface area (Å²) in [6, 6.07) is -9.85. The quantitative estimate of drug-likeness (QED) is 0.0154. The molecule has 0 unspecified atom stereocenters. The highest BCUT2D eigenvalue weighted by Crippen LogP contribution is 2.11. The van der Waals surface area contributed by atoms with Crippen LogP contribution in [0.2, 0.25) is 0 Å². The lowest BCUT2D eigenvalue weighted by molar-refractivity contribution is -0.142. The predicted molar refractivity (Wildman–Crippen MR) is 295 cm³/mol. The highest BCUT2D eigenvalue weighted by molar-refractivity contribution is 5.97. The van der Waals surface area contributed by atoms with E-state index in [4.69, 9.17) is 57.3 Å². The number of rotatable bonds is 40. The van der Waals surface area contributed by atoms with Gasteiger partial charge in [0.15, 0.2) is 23.8 Å². The summed E-state index contributed by atoms with van der Waals surface area (Å²) in [5.74, 6) is -8.87. The molecule has 8 amide bonds. The third-order valence-electron chi connectivity index (χ3n) is 11.4. The molecule has 0 rings (SSSR count). The molecular weight excluding hydrogens is 1020 g/mol. The number of aliphatic imine (C=N–C) groups is 4. The summed E-state index contributed by atoms with van der Waals surface area (Å²) in [6.45, 7) is 8.31. The third kappa shape index (κ3) is 32.0. The fourth-order valence-electron chi connectivity index (χ4n) is 7.23. The van der Waals surface area contributed by atoms with E-state index in [0.29, 0.717) is 19.3 Å². The van der Waals surface area contributed by atoms with Gasteiger partial charge in [-0.1, -0.05) is 27.7 Å². The molecule has 0 spiro atoms. The largest absolute Gasteiger partial charge is 0.480 e. The minimum atomic E-state index is -1.33. The number of carbonyl (C=O) groups excluding carboxylic acids is 8. The molecule has 0 bridgehead atoms. The number of hydrogen-bond donors (Lipinski definition) is 19. The van der Waals surface area contributed by atoms with Crippen molar-refractivity contribution in [1.82, 2.24) is 42.5 Å². The van der Waals surface area contributed by atoms with Gasteiger partial charge < -0.3 is 105 Å². The Morgan fingerprint density at radius 3 is 1.29 bits per heavy atom. The minimum absolute atomic E-state index is 0.0172. The van der Waals surface area contributed by atoms with Gasteiger partial charge in [0, 0.05) is 26.2 Å². The first-order valence-electron chi connectivity index (χ1n) is 25.9. The molecular formula is C46H90N22O10. The van der Waals surface area contributed by atoms with E-state index in [2.05, 4.69) is 62.5 Å². The van der Waals surface area contributed by atoms with Crippen LogP contribution in [0.3, 0.4) is 0 Å². The lowest BCUT2D eigenvalue weighted by atomic mass is 10.0. The first kappa shape index (κ1) is 70.2. The second-order valence-corrected chi connectivity index (χ2v) is 19.2. The first-order valence-corrected chi connectivity index (χ1v) is 25.9. The Bertz CT molecular complexity index is 2060. The molecule has 0 heterocycles. The molecule has 0 saturated carbocycles. The topological polar surface area (TPSA) is 580 Å². The van der Waals surface area contributed by atoms with Gasteiger partial charge in [-0.05, 0) is 102 Å². The molecule has 32 heteroatoms. The SMILES string of the molecule is CC(C)C[C@H](NC(=O)[C@H](CCCCN)NC(=O)[C@H](C)NC(=O)[C@H](CCCN=C(N)N)NC(=O)CNC(=O)[C@H](CCCN=C(N)N)NC(=O)[C@@H](NC(=O)[C@@H](N)CCCN=C(N)N)C(C)C)C(=O)N[C@@H](CCCN=C(N)N)C(=O)O. The van der Waals surface area contributed by atoms with Gasteiger partial charge in [-0.3, -0.25) is 58.3 Å². The minimum Gasteiger partial charge on any atom is -0.480 e. The molecule has 0 aliphatic heterocycles. The number of nitrogens with zero attached hydrogens (tertiary/aromatic N) is 4. The Morgan fingerprint density at radius 2 is 0.833 bits per heavy atom. The summed E-state index contributed by atoms with van der Waals surface area (Å²) >= 11 is 0. The van der Waals surface area contributed by atoms with Crippen molar-refractivity contribution in [2.75, 3.05) is 39.3 Å². The van der Waals surface area contributed by atoms with Gasteiger partial charge >= 0.3 is 5.97 Å². The zero-order valence-electron chi connectivity index (χ0n) is 45.7. The molecule has 29 N–H and O–H groups in total. The molecule has 0 aliphatic carbocycles. The Labute approximate surface area is 455 Å². The predicted octanol–water partition coefficient (Wildman–Crippen LogP) is -7.03. The maximum atomic E-state index is 13.8. The van der Waals surface area contributed by atoms with Crippen molar-refractivity contribution in [3.8, 4) is 0 Å². The zero-order chi connectivity index (χ0) is 59.5. The molecule has 0 saturated heterocycles. The van der Waals surface area contributed by atoms with E-state index in [1.54, 1.807) is 27.7 Å². The van der Waals surface area contributed by atoms with Gasteiger partial charge in [0.2, 0.25) is 47.3 Å². The number of guanidine groups is 4. The first-order chi connectivity index (χ1) is 36.6. The Hall–Kier alpha value is -7.77. The number of amides is 8. The average molecular weight is 1110 g/mol. The van der Waals surface area contributed by atoms with Crippen LogP contribution in [0, 0.1) is 11.8 Å². The van der Waals surface area contributed by atoms with Crippen LogP contribution in [0.25, 0.3) is 0 Å². The summed E-state index contributed by atoms with van der Waals surface area (Å²) in [7, 11) is 0. The number of carbonyl (C=O) groups is 9. The number of carboxylic acid groups (broad SMARTS) is 1. The van der Waals surface area contributed by atoms with Crippen LogP contribution in [-0.4, -0.2) is 170 Å². The Kier molecular flexibility index (Phi) is 34.9. The summed E-state index contributed by atoms with van der Waals surface area (Å²) in [6.07, 6.45) is 2.07. The van der Waals surface area contributed by atoms with Crippen molar-refractivity contribution in [3.63, 3.8) is 0 Å². The lowest BCUT2D eigenvalue weighted by Gasteiger charge is -2.27. The van der Waals surface area contributed by atoms with E-state index in [1.165, 1.54) is 6.92 Å². The van der Waals surface area contributed by atoms with Crippen LogP contribution in [-0.2, 0) is 43.2 Å². The smallest absolute Gasteiger partial charge is 0.326 e. The fourth-order valence-corrected chi connectivity index (χ4v) is 7.23. The number of nitrogens with one attached hydrogen (secondary N) is 8. The van der Waals surface area contributed by atoms with Gasteiger partial charge in [-0.25, -0.2) is 4.79 Å². The van der Waals surface area contributed by atoms with Crippen LogP contribution in [0.15, 0.2) is 20.0 Å². The van der Waals surface area contributed by atoms with Crippen LogP contribution in [0.1, 0.15) is 112 Å². The average Bonchev–Trinajstić information content (AvgIpc) is 3.34. The maximum Gasteiger partial charge on any atom is 0.326 e. The monoisotopic (exact) mass is 1110 g/mol. The summed E-state index contributed by atoms with van der Waals surface area (Å²) in [5.41, 5.74) is 55.0. The van der Waals surface area contributed by atoms with Crippen LogP contribution in [0.5, 0.6) is 0 Å². The fraction of sp³-hybridized carbons (Fsp3) is 0.717. The van der Waals surface area contributed by atoms with Gasteiger partial charge in [0.05, 0.1) is 12.6 Å². The molecule has 0 radical (unpaired) electrons. The highest BCUT2D eigenvalue weighted by Gasteiger charge is 2.33. The van der Waals surface area contributed by atoms with E-state index in [1.807, 2.05) is 0 Å². The molecule has 0 aromatic carbocycles. The van der Waals surface area contributed by atoms with Crippen molar-refractivity contribution in [3.05, 3.63) is 0 Å². The van der Waals surface area contributed by atoms with Crippen molar-refractivity contribution >= 4 is 77.1 Å². The lowest BCUT2D eigenvalue weighted by Crippen LogP contribution is -2.59. The molecule has 0 aromatic rings. The second kappa shape index (κ2) is 38.7. The van der Waals surface area contributed by atoms with Crippen LogP contribution >= 0.6 is 0 Å². The number of nitrogens with two attached hydrogens (primary N) is 10. The van der Waals surface area contributed by atoms with Crippen LogP contribution < -0.4 is 99.9 Å². The molecule has 8 atom stereocenters. The molecule has 0 fully saturated rings. The van der Waals surface area contributed by atoms with Crippen molar-refractivity contribution in [2.24, 2.45) is 89.1 Å². The van der Waals surface area contributed by atoms with Gasteiger partial charge in [-0.15, -0.1) is 0 Å². The Balaban J connectivity index is 6.29. The Morgan fingerprint density at radius 1 is 0.436 bits per heavy atom. The summed E-state index contributed by atoms with van der Waals surface area (Å²) in [5, 5.41) is 30.3. The highest BCUT2D eigenvalue weighted by atomic mass is 16.4. The normalized spacial score (nSPS) is 14.0. The van der Waals surface area contributed by atoms with Crippen molar-refractivity contribution < 1.29 is 48.3 Å². The number of carboxylic acids is 1.